The smallest absolute Gasteiger partial charge is 0.410 e. The van der Waals surface area contributed by atoms with Crippen LogP contribution in [0.3, 0.4) is 0 Å². The maximum atomic E-state index is 12.8. The highest BCUT2D eigenvalue weighted by atomic mass is 16.6. The maximum absolute atomic E-state index is 12.8. The van der Waals surface area contributed by atoms with Crippen molar-refractivity contribution in [2.45, 2.75) is 96.3 Å². The first-order valence-corrected chi connectivity index (χ1v) is 13.4. The van der Waals surface area contributed by atoms with Crippen molar-refractivity contribution in [1.29, 1.82) is 0 Å². The number of carbonyl (C=O) groups is 2. The zero-order valence-corrected chi connectivity index (χ0v) is 22.8. The molecule has 2 aromatic rings. The summed E-state index contributed by atoms with van der Waals surface area (Å²) >= 11 is 0. The third-order valence-electron chi connectivity index (χ3n) is 8.15. The minimum absolute atomic E-state index is 0.0109. The lowest BCUT2D eigenvalue weighted by Crippen LogP contribution is -2.30. The average Bonchev–Trinajstić information content (AvgIpc) is 3.16. The predicted octanol–water partition coefficient (Wildman–Crippen LogP) is 6.43. The van der Waals surface area contributed by atoms with Gasteiger partial charge in [-0.1, -0.05) is 70.9 Å². The first-order chi connectivity index (χ1) is 17.0. The molecule has 2 aliphatic carbocycles. The minimum Gasteiger partial charge on any atom is -0.410 e. The topological polar surface area (TPSA) is 67.4 Å². The van der Waals surface area contributed by atoms with Crippen LogP contribution in [0.5, 0.6) is 5.75 Å². The molecule has 2 aromatic carbocycles. The highest BCUT2D eigenvalue weighted by Gasteiger charge is 2.58. The predicted molar refractivity (Wildman–Crippen MR) is 145 cm³/mol. The van der Waals surface area contributed by atoms with Crippen LogP contribution in [0.15, 0.2) is 36.4 Å². The second-order valence-electron chi connectivity index (χ2n) is 12.1. The largest absolute Gasteiger partial charge is 0.412 e. The molecular formula is C31H42N2O3. The Hall–Kier alpha value is -2.82. The molecule has 0 heterocycles. The highest BCUT2D eigenvalue weighted by molar-refractivity contribution is 5.73. The number of unbranched alkanes of at least 4 members (excludes halogenated alkanes) is 3. The summed E-state index contributed by atoms with van der Waals surface area (Å²) in [6.45, 7) is 14.4. The van der Waals surface area contributed by atoms with Gasteiger partial charge in [0, 0.05) is 31.0 Å². The van der Waals surface area contributed by atoms with E-state index in [0.29, 0.717) is 18.8 Å². The molecule has 5 heteroatoms. The Morgan fingerprint density at radius 3 is 1.97 bits per heavy atom. The van der Waals surface area contributed by atoms with Gasteiger partial charge in [0.05, 0.1) is 0 Å². The fraction of sp³-hybridized carbons (Fsp3) is 0.548. The van der Waals surface area contributed by atoms with Crippen LogP contribution in [0.25, 0.3) is 0 Å². The van der Waals surface area contributed by atoms with Crippen LogP contribution in [0.1, 0.15) is 101 Å². The van der Waals surface area contributed by atoms with Crippen molar-refractivity contribution in [1.82, 2.24) is 10.6 Å². The molecule has 0 fully saturated rings. The fourth-order valence-electron chi connectivity index (χ4n) is 6.98. The lowest BCUT2D eigenvalue weighted by atomic mass is 9.71. The lowest BCUT2D eigenvalue weighted by molar-refractivity contribution is -0.118. The molecule has 4 rings (SSSR count). The molecular weight excluding hydrogens is 448 g/mol. The molecule has 2 N–H and O–H groups in total. The van der Waals surface area contributed by atoms with E-state index in [2.05, 4.69) is 69.5 Å². The molecule has 2 aliphatic rings. The van der Waals surface area contributed by atoms with E-state index in [1.54, 1.807) is 0 Å². The summed E-state index contributed by atoms with van der Waals surface area (Å²) in [5, 5.41) is 5.76. The van der Waals surface area contributed by atoms with Gasteiger partial charge < -0.3 is 15.4 Å². The van der Waals surface area contributed by atoms with Crippen molar-refractivity contribution in [3.63, 3.8) is 0 Å². The number of ether oxygens (including phenoxy) is 1. The SMILES string of the molecule is CC(=O)NCCCCCCNC(=O)Oc1cccc2c1C1(CC(C)(C)c3cccc(C)c31)CC2(C)C. The lowest BCUT2D eigenvalue weighted by Gasteiger charge is -2.32. The maximum Gasteiger partial charge on any atom is 0.412 e. The van der Waals surface area contributed by atoms with E-state index in [1.807, 2.05) is 12.1 Å². The van der Waals surface area contributed by atoms with Gasteiger partial charge >= 0.3 is 6.09 Å². The summed E-state index contributed by atoms with van der Waals surface area (Å²) in [4.78, 5) is 23.8. The standard InChI is InChI=1S/C31H42N2O3/c1-21-13-11-14-23-26(21)31(19-29(23,3)4)20-30(5,6)24-15-12-16-25(27(24)31)36-28(35)33-18-10-8-7-9-17-32-22(2)34/h11-16H,7-10,17-20H2,1-6H3,(H,32,34)(H,33,35). The number of hydrogen-bond donors (Lipinski definition) is 2. The van der Waals surface area contributed by atoms with E-state index < -0.39 is 0 Å². The van der Waals surface area contributed by atoms with Crippen LogP contribution in [0.4, 0.5) is 4.79 Å². The van der Waals surface area contributed by atoms with Crippen LogP contribution >= 0.6 is 0 Å². The molecule has 0 aromatic heterocycles. The van der Waals surface area contributed by atoms with Gasteiger partial charge in [0.15, 0.2) is 0 Å². The summed E-state index contributed by atoms with van der Waals surface area (Å²) in [6.07, 6.45) is 5.51. The van der Waals surface area contributed by atoms with Crippen LogP contribution in [0, 0.1) is 6.92 Å². The van der Waals surface area contributed by atoms with Crippen LogP contribution in [-0.4, -0.2) is 25.1 Å². The zero-order chi connectivity index (χ0) is 26.1. The molecule has 2 amide bonds. The van der Waals surface area contributed by atoms with Gasteiger partial charge in [-0.2, -0.15) is 0 Å². The van der Waals surface area contributed by atoms with E-state index in [9.17, 15) is 9.59 Å². The van der Waals surface area contributed by atoms with E-state index >= 15 is 0 Å². The second kappa shape index (κ2) is 9.91. The Morgan fingerprint density at radius 2 is 1.36 bits per heavy atom. The van der Waals surface area contributed by atoms with Crippen molar-refractivity contribution < 1.29 is 14.3 Å². The molecule has 194 valence electrons. The Bertz CT molecular complexity index is 1150. The van der Waals surface area contributed by atoms with Gasteiger partial charge in [-0.3, -0.25) is 4.79 Å². The molecule has 36 heavy (non-hydrogen) atoms. The van der Waals surface area contributed by atoms with Crippen molar-refractivity contribution in [2.24, 2.45) is 0 Å². The number of nitrogens with one attached hydrogen (secondary N) is 2. The average molecular weight is 491 g/mol. The number of benzene rings is 2. The number of amides is 2. The highest BCUT2D eigenvalue weighted by Crippen LogP contribution is 2.65. The fourth-order valence-corrected chi connectivity index (χ4v) is 6.98. The van der Waals surface area contributed by atoms with Gasteiger partial charge in [-0.05, 0) is 71.8 Å². The number of carbonyl (C=O) groups excluding carboxylic acids is 2. The van der Waals surface area contributed by atoms with E-state index in [0.717, 1.165) is 38.5 Å². The Balaban J connectivity index is 1.51. The molecule has 0 radical (unpaired) electrons. The molecule has 1 atom stereocenters. The molecule has 1 unspecified atom stereocenters. The Labute approximate surface area is 216 Å². The summed E-state index contributed by atoms with van der Waals surface area (Å²) in [6, 6.07) is 12.9. The third-order valence-corrected chi connectivity index (χ3v) is 8.15. The quantitative estimate of drug-likeness (QED) is 0.419. The van der Waals surface area contributed by atoms with Gasteiger partial charge in [-0.15, -0.1) is 0 Å². The van der Waals surface area contributed by atoms with E-state index in [1.165, 1.54) is 34.7 Å². The number of fused-ring (bicyclic) bond motifs is 4. The van der Waals surface area contributed by atoms with Crippen molar-refractivity contribution in [3.8, 4) is 5.75 Å². The van der Waals surface area contributed by atoms with Gasteiger partial charge in [0.1, 0.15) is 5.75 Å². The summed E-state index contributed by atoms with van der Waals surface area (Å²) in [7, 11) is 0. The monoisotopic (exact) mass is 490 g/mol. The second-order valence-corrected chi connectivity index (χ2v) is 12.1. The first-order valence-electron chi connectivity index (χ1n) is 13.4. The van der Waals surface area contributed by atoms with E-state index in [4.69, 9.17) is 4.74 Å². The summed E-state index contributed by atoms with van der Waals surface area (Å²) in [5.41, 5.74) is 6.54. The van der Waals surface area contributed by atoms with Crippen molar-refractivity contribution >= 4 is 12.0 Å². The van der Waals surface area contributed by atoms with Crippen molar-refractivity contribution in [2.75, 3.05) is 13.1 Å². The summed E-state index contributed by atoms with van der Waals surface area (Å²) < 4.78 is 6.03. The number of hydrogen-bond acceptors (Lipinski definition) is 3. The molecule has 1 spiro atoms. The molecule has 0 bridgehead atoms. The Morgan fingerprint density at radius 1 is 0.806 bits per heavy atom. The molecule has 0 saturated carbocycles. The van der Waals surface area contributed by atoms with Crippen molar-refractivity contribution in [3.05, 3.63) is 64.2 Å². The number of aryl methyl sites for hydroxylation is 1. The van der Waals surface area contributed by atoms with E-state index in [-0.39, 0.29) is 28.2 Å². The Kier molecular flexibility index (Phi) is 7.23. The number of rotatable bonds is 8. The van der Waals surface area contributed by atoms with Gasteiger partial charge in [-0.25, -0.2) is 4.79 Å². The van der Waals surface area contributed by atoms with Crippen LogP contribution in [-0.2, 0) is 21.0 Å². The molecule has 0 saturated heterocycles. The molecule has 0 aliphatic heterocycles. The van der Waals surface area contributed by atoms with Gasteiger partial charge in [0.2, 0.25) is 5.91 Å². The zero-order valence-electron chi connectivity index (χ0n) is 22.8. The first kappa shape index (κ1) is 26.2. The van der Waals surface area contributed by atoms with Crippen LogP contribution in [0.2, 0.25) is 0 Å². The minimum atomic E-state index is -0.385. The van der Waals surface area contributed by atoms with Crippen LogP contribution < -0.4 is 15.4 Å². The molecule has 5 nitrogen and oxygen atoms in total. The van der Waals surface area contributed by atoms with Gasteiger partial charge in [0.25, 0.3) is 0 Å². The third kappa shape index (κ3) is 4.89. The summed E-state index contributed by atoms with van der Waals surface area (Å²) in [5.74, 6) is 0.703. The normalized spacial score (nSPS) is 20.6.